The molecule has 298 valence electrons. The molecule has 0 radical (unpaired) electrons. The van der Waals surface area contributed by atoms with Crippen molar-refractivity contribution >= 4 is 5.69 Å². The van der Waals surface area contributed by atoms with E-state index in [2.05, 4.69) is 6.92 Å². The second-order valence-electron chi connectivity index (χ2n) is 11.1. The smallest absolute Gasteiger partial charge is 0.269 e. The highest BCUT2D eigenvalue weighted by Gasteiger charge is 2.04. The molecule has 0 aliphatic carbocycles. The van der Waals surface area contributed by atoms with Crippen LogP contribution >= 0.6 is 0 Å². The molecule has 51 heavy (non-hydrogen) atoms. The first kappa shape index (κ1) is 47.0. The summed E-state index contributed by atoms with van der Waals surface area (Å²) in [5.41, 5.74) is 0.0265. The Morgan fingerprint density at radius 2 is 0.667 bits per heavy atom. The Bertz CT molecular complexity index is 852. The van der Waals surface area contributed by atoms with E-state index in [0.717, 1.165) is 13.0 Å². The van der Waals surface area contributed by atoms with Gasteiger partial charge in [0.05, 0.1) is 144 Å². The van der Waals surface area contributed by atoms with Crippen molar-refractivity contribution in [2.24, 2.45) is 0 Å². The van der Waals surface area contributed by atoms with Crippen molar-refractivity contribution in [3.05, 3.63) is 34.4 Å². The van der Waals surface area contributed by atoms with E-state index in [0.29, 0.717) is 151 Å². The molecule has 1 aromatic rings. The summed E-state index contributed by atoms with van der Waals surface area (Å²) < 4.78 is 65.9. The Kier molecular flexibility index (Phi) is 36.1. The van der Waals surface area contributed by atoms with Gasteiger partial charge in [-0.15, -0.1) is 0 Å². The number of rotatable bonds is 42. The Labute approximate surface area is 304 Å². The molecule has 0 saturated carbocycles. The van der Waals surface area contributed by atoms with Crippen molar-refractivity contribution in [3.63, 3.8) is 0 Å². The van der Waals surface area contributed by atoms with Crippen molar-refractivity contribution in [1.29, 1.82) is 0 Å². The summed E-state index contributed by atoms with van der Waals surface area (Å²) >= 11 is 0. The molecule has 15 heteroatoms. The molecule has 0 fully saturated rings. The maximum atomic E-state index is 10.6. The molecular formula is C36H65NO14. The van der Waals surface area contributed by atoms with Crippen molar-refractivity contribution in [1.82, 2.24) is 0 Å². The molecule has 0 aliphatic heterocycles. The predicted molar refractivity (Wildman–Crippen MR) is 191 cm³/mol. The van der Waals surface area contributed by atoms with Gasteiger partial charge < -0.3 is 56.8 Å². The fourth-order valence-corrected chi connectivity index (χ4v) is 4.17. The molecule has 0 bridgehead atoms. The number of ether oxygens (including phenoxy) is 12. The summed E-state index contributed by atoms with van der Waals surface area (Å²) in [5, 5.41) is 10.6. The van der Waals surface area contributed by atoms with Crippen LogP contribution in [0.4, 0.5) is 5.69 Å². The average Bonchev–Trinajstić information content (AvgIpc) is 3.14. The Morgan fingerprint density at radius 1 is 0.392 bits per heavy atom. The van der Waals surface area contributed by atoms with Crippen LogP contribution in [0.5, 0.6) is 5.75 Å². The second kappa shape index (κ2) is 39.2. The molecule has 15 nitrogen and oxygen atoms in total. The van der Waals surface area contributed by atoms with Crippen LogP contribution in [0.2, 0.25) is 0 Å². The van der Waals surface area contributed by atoms with Gasteiger partial charge in [0.25, 0.3) is 5.69 Å². The molecule has 0 unspecified atom stereocenters. The Balaban J connectivity index is 1.63. The normalized spacial score (nSPS) is 11.4. The number of non-ortho nitro benzene ring substituents is 1. The summed E-state index contributed by atoms with van der Waals surface area (Å²) in [6.07, 6.45) is 7.65. The molecule has 0 amide bonds. The van der Waals surface area contributed by atoms with Gasteiger partial charge in [-0.2, -0.15) is 0 Å². The molecular weight excluding hydrogens is 670 g/mol. The van der Waals surface area contributed by atoms with E-state index in [-0.39, 0.29) is 5.69 Å². The maximum absolute atomic E-state index is 10.6. The fraction of sp³-hybridized carbons (Fsp3) is 0.833. The lowest BCUT2D eigenvalue weighted by Crippen LogP contribution is -2.15. The third-order valence-corrected chi connectivity index (χ3v) is 6.91. The summed E-state index contributed by atoms with van der Waals surface area (Å²) in [6, 6.07) is 5.92. The van der Waals surface area contributed by atoms with Gasteiger partial charge in [-0.05, 0) is 18.6 Å². The molecule has 0 aliphatic rings. The first-order valence-electron chi connectivity index (χ1n) is 18.5. The van der Waals surface area contributed by atoms with E-state index in [1.807, 2.05) is 0 Å². The first-order valence-corrected chi connectivity index (χ1v) is 18.5. The van der Waals surface area contributed by atoms with E-state index in [9.17, 15) is 10.1 Å². The SMILES string of the molecule is CCCCCCCCOCCOCCOCCOCCOCCOCCOCCOCCOCCOCCOCCOc1ccc([N+](=O)[O-])cc1. The van der Waals surface area contributed by atoms with Crippen molar-refractivity contribution in [3.8, 4) is 5.75 Å². The number of nitro groups is 1. The standard InChI is InChI=1S/C36H65NO14/c1-2-3-4-5-6-7-12-40-13-14-41-15-16-42-17-18-43-19-20-44-21-22-45-23-24-46-25-26-47-27-28-48-29-30-49-31-32-50-33-34-51-36-10-8-35(9-11-36)37(38)39/h8-11H,2-7,12-34H2,1H3. The summed E-state index contributed by atoms with van der Waals surface area (Å²) in [7, 11) is 0. The topological polar surface area (TPSA) is 154 Å². The van der Waals surface area contributed by atoms with Gasteiger partial charge in [-0.25, -0.2) is 0 Å². The summed E-state index contributed by atoms with van der Waals surface area (Å²) in [5.74, 6) is 0.557. The fourth-order valence-electron chi connectivity index (χ4n) is 4.17. The average molecular weight is 736 g/mol. The van der Waals surface area contributed by atoms with E-state index in [4.69, 9.17) is 56.8 Å². The van der Waals surface area contributed by atoms with Crippen LogP contribution in [0.3, 0.4) is 0 Å². The van der Waals surface area contributed by atoms with Gasteiger partial charge in [0.1, 0.15) is 12.4 Å². The number of hydrogen-bond donors (Lipinski definition) is 0. The van der Waals surface area contributed by atoms with Crippen molar-refractivity contribution < 1.29 is 61.8 Å². The highest BCUT2D eigenvalue weighted by atomic mass is 16.6. The van der Waals surface area contributed by atoms with Gasteiger partial charge in [0, 0.05) is 18.7 Å². The minimum atomic E-state index is -0.450. The van der Waals surface area contributed by atoms with Crippen LogP contribution < -0.4 is 4.74 Å². The van der Waals surface area contributed by atoms with Gasteiger partial charge >= 0.3 is 0 Å². The minimum absolute atomic E-state index is 0.0265. The third kappa shape index (κ3) is 34.8. The summed E-state index contributed by atoms with van der Waals surface area (Å²) in [4.78, 5) is 10.2. The Hall–Kier alpha value is -2.02. The molecule has 0 saturated heterocycles. The maximum Gasteiger partial charge on any atom is 0.269 e. The first-order chi connectivity index (χ1) is 25.2. The monoisotopic (exact) mass is 735 g/mol. The number of unbranched alkanes of at least 4 members (excludes halogenated alkanes) is 5. The Morgan fingerprint density at radius 3 is 0.980 bits per heavy atom. The van der Waals surface area contributed by atoms with Crippen molar-refractivity contribution in [2.45, 2.75) is 45.4 Å². The highest BCUT2D eigenvalue weighted by molar-refractivity contribution is 5.35. The lowest BCUT2D eigenvalue weighted by atomic mass is 10.1. The molecule has 0 atom stereocenters. The van der Waals surface area contributed by atoms with Crippen LogP contribution in [-0.2, 0) is 52.1 Å². The number of nitrogens with zero attached hydrogens (tertiary/aromatic N) is 1. The quantitative estimate of drug-likeness (QED) is 0.0525. The molecule has 1 rings (SSSR count). The van der Waals surface area contributed by atoms with Gasteiger partial charge in [-0.3, -0.25) is 10.1 Å². The van der Waals surface area contributed by atoms with Crippen LogP contribution in [0.1, 0.15) is 45.4 Å². The lowest BCUT2D eigenvalue weighted by Gasteiger charge is -2.09. The minimum Gasteiger partial charge on any atom is -0.491 e. The largest absolute Gasteiger partial charge is 0.491 e. The van der Waals surface area contributed by atoms with Crippen LogP contribution in [-0.4, -0.2) is 157 Å². The van der Waals surface area contributed by atoms with Gasteiger partial charge in [-0.1, -0.05) is 39.0 Å². The zero-order chi connectivity index (χ0) is 36.6. The van der Waals surface area contributed by atoms with Crippen molar-refractivity contribution in [2.75, 3.05) is 152 Å². The second-order valence-corrected chi connectivity index (χ2v) is 11.1. The number of nitro benzene ring substituents is 1. The van der Waals surface area contributed by atoms with Gasteiger partial charge in [0.15, 0.2) is 0 Å². The predicted octanol–water partition coefficient (Wildman–Crippen LogP) is 4.52. The van der Waals surface area contributed by atoms with E-state index < -0.39 is 4.92 Å². The number of benzene rings is 1. The highest BCUT2D eigenvalue weighted by Crippen LogP contribution is 2.17. The zero-order valence-corrected chi connectivity index (χ0v) is 31.0. The van der Waals surface area contributed by atoms with Gasteiger partial charge in [0.2, 0.25) is 0 Å². The molecule has 0 aromatic heterocycles. The van der Waals surface area contributed by atoms with E-state index >= 15 is 0 Å². The van der Waals surface area contributed by atoms with Crippen LogP contribution in [0.15, 0.2) is 24.3 Å². The molecule has 0 heterocycles. The third-order valence-electron chi connectivity index (χ3n) is 6.91. The van der Waals surface area contributed by atoms with Crippen LogP contribution in [0.25, 0.3) is 0 Å². The molecule has 0 spiro atoms. The van der Waals surface area contributed by atoms with E-state index in [1.54, 1.807) is 12.1 Å². The zero-order valence-electron chi connectivity index (χ0n) is 31.0. The summed E-state index contributed by atoms with van der Waals surface area (Å²) in [6.45, 7) is 14.0. The van der Waals surface area contributed by atoms with Crippen LogP contribution in [0, 0.1) is 10.1 Å². The lowest BCUT2D eigenvalue weighted by molar-refractivity contribution is -0.384. The molecule has 1 aromatic carbocycles. The number of hydrogen-bond acceptors (Lipinski definition) is 14. The van der Waals surface area contributed by atoms with E-state index in [1.165, 1.54) is 44.2 Å². The molecule has 0 N–H and O–H groups in total.